The summed E-state index contributed by atoms with van der Waals surface area (Å²) in [7, 11) is -4.61. The van der Waals surface area contributed by atoms with Gasteiger partial charge in [-0.05, 0) is 80.8 Å². The molecule has 1 aliphatic carbocycles. The third-order valence-corrected chi connectivity index (χ3v) is 12.4. The van der Waals surface area contributed by atoms with E-state index in [1.165, 1.54) is 30.9 Å². The first kappa shape index (κ1) is 37.0. The van der Waals surface area contributed by atoms with Crippen molar-refractivity contribution in [3.8, 4) is 23.0 Å². The fourth-order valence-electron chi connectivity index (χ4n) is 5.96. The molecule has 2 aromatic carbocycles. The van der Waals surface area contributed by atoms with E-state index in [2.05, 4.69) is 37.8 Å². The molecule has 3 aromatic heterocycles. The Balaban J connectivity index is 1.55. The zero-order valence-corrected chi connectivity index (χ0v) is 31.2. The van der Waals surface area contributed by atoms with Crippen molar-refractivity contribution in [1.29, 1.82) is 0 Å². The first-order chi connectivity index (χ1) is 24.4. The van der Waals surface area contributed by atoms with Crippen molar-refractivity contribution in [3.05, 3.63) is 94.8 Å². The van der Waals surface area contributed by atoms with Crippen LogP contribution in [-0.4, -0.2) is 65.0 Å². The number of sulfone groups is 1. The van der Waals surface area contributed by atoms with Gasteiger partial charge < -0.3 is 9.88 Å². The largest absolute Gasteiger partial charge is 0.346 e. The second kappa shape index (κ2) is 14.0. The van der Waals surface area contributed by atoms with Crippen LogP contribution in [0, 0.1) is 23.5 Å². The van der Waals surface area contributed by atoms with Gasteiger partial charge in [-0.2, -0.15) is 5.10 Å². The smallest absolute Gasteiger partial charge is 0.240 e. The first-order valence-electron chi connectivity index (χ1n) is 16.1. The summed E-state index contributed by atoms with van der Waals surface area (Å²) in [5.74, 6) is 7.71. The molecule has 16 heteroatoms. The Labute approximate surface area is 305 Å². The molecule has 0 bridgehead atoms. The molecule has 11 nitrogen and oxygen atoms in total. The Kier molecular flexibility index (Phi) is 9.95. The predicted molar refractivity (Wildman–Crippen MR) is 200 cm³/mol. The lowest BCUT2D eigenvalue weighted by Gasteiger charge is -2.23. The molecule has 1 unspecified atom stereocenters. The zero-order chi connectivity index (χ0) is 37.6. The molecular weight excluding hydrogens is 732 g/mol. The molecular formula is C36H36ClF2N7O4S2. The van der Waals surface area contributed by atoms with Crippen LogP contribution in [0.2, 0.25) is 5.02 Å². The van der Waals surface area contributed by atoms with Gasteiger partial charge in [0.15, 0.2) is 15.7 Å². The van der Waals surface area contributed by atoms with E-state index in [1.807, 2.05) is 0 Å². The molecule has 5 aromatic rings. The number of pyridine rings is 1. The van der Waals surface area contributed by atoms with Gasteiger partial charge in [0, 0.05) is 52.6 Å². The van der Waals surface area contributed by atoms with E-state index >= 15 is 0 Å². The highest BCUT2D eigenvalue weighted by Crippen LogP contribution is 2.40. The highest BCUT2D eigenvalue weighted by Gasteiger charge is 2.45. The summed E-state index contributed by atoms with van der Waals surface area (Å²) in [6, 6.07) is 8.86. The number of rotatable bonds is 11. The molecule has 2 atom stereocenters. The molecule has 6 rings (SSSR count). The molecule has 0 saturated heterocycles. The van der Waals surface area contributed by atoms with E-state index in [1.54, 1.807) is 60.6 Å². The van der Waals surface area contributed by atoms with Gasteiger partial charge in [0.25, 0.3) is 0 Å². The quantitative estimate of drug-likeness (QED) is 0.138. The average Bonchev–Trinajstić information content (AvgIpc) is 3.71. The number of halogens is 3. The minimum Gasteiger partial charge on any atom is -0.346 e. The number of fused-ring (bicyclic) bond motifs is 1. The number of hydrogen-bond acceptors (Lipinski definition) is 7. The summed E-state index contributed by atoms with van der Waals surface area (Å²) in [6.45, 7) is 3.00. The molecule has 1 amide bonds. The summed E-state index contributed by atoms with van der Waals surface area (Å²) >= 11 is 6.69. The predicted octanol–water partition coefficient (Wildman–Crippen LogP) is 5.24. The Bertz CT molecular complexity index is 2470. The van der Waals surface area contributed by atoms with Crippen LogP contribution in [0.15, 0.2) is 61.2 Å². The Hall–Kier alpha value is -4.78. The summed E-state index contributed by atoms with van der Waals surface area (Å²) in [5, 5.41) is 7.85. The van der Waals surface area contributed by atoms with Crippen LogP contribution >= 0.6 is 11.6 Å². The molecule has 0 radical (unpaired) electrons. The van der Waals surface area contributed by atoms with Crippen LogP contribution in [0.5, 0.6) is 0 Å². The maximum Gasteiger partial charge on any atom is 0.240 e. The van der Waals surface area contributed by atoms with Crippen molar-refractivity contribution in [3.63, 3.8) is 0 Å². The fourth-order valence-corrected chi connectivity index (χ4v) is 8.53. The third-order valence-electron chi connectivity index (χ3n) is 8.54. The highest BCUT2D eigenvalue weighted by molar-refractivity contribution is 8.00. The van der Waals surface area contributed by atoms with E-state index in [-0.39, 0.29) is 35.7 Å². The monoisotopic (exact) mass is 767 g/mol. The summed E-state index contributed by atoms with van der Waals surface area (Å²) in [5.41, 5.74) is 2.30. The van der Waals surface area contributed by atoms with Crippen molar-refractivity contribution in [1.82, 2.24) is 29.6 Å². The lowest BCUT2D eigenvalue weighted by molar-refractivity contribution is -0.122. The summed E-state index contributed by atoms with van der Waals surface area (Å²) < 4.78 is 72.5. The third kappa shape index (κ3) is 7.99. The second-order valence-electron chi connectivity index (χ2n) is 13.4. The molecule has 1 saturated carbocycles. The van der Waals surface area contributed by atoms with Crippen LogP contribution < -0.4 is 10.0 Å². The van der Waals surface area contributed by atoms with Gasteiger partial charge >= 0.3 is 0 Å². The Morgan fingerprint density at radius 1 is 1.12 bits per heavy atom. The van der Waals surface area contributed by atoms with E-state index < -0.39 is 53.1 Å². The van der Waals surface area contributed by atoms with Gasteiger partial charge in [-0.1, -0.05) is 23.6 Å². The summed E-state index contributed by atoms with van der Waals surface area (Å²) in [4.78, 5) is 22.4. The number of hydrogen-bond donors (Lipinski definition) is 2. The number of carbonyl (C=O) groups is 1. The number of aryl methyl sites for hydroxylation is 1. The second-order valence-corrected chi connectivity index (χ2v) is 18.8. The Morgan fingerprint density at radius 3 is 2.44 bits per heavy atom. The highest BCUT2D eigenvalue weighted by atomic mass is 35.5. The zero-order valence-electron chi connectivity index (χ0n) is 28.8. The summed E-state index contributed by atoms with van der Waals surface area (Å²) in [6.07, 6.45) is 7.15. The van der Waals surface area contributed by atoms with Crippen LogP contribution in [0.3, 0.4) is 0 Å². The van der Waals surface area contributed by atoms with Gasteiger partial charge in [0.2, 0.25) is 5.91 Å². The maximum absolute atomic E-state index is 14.5. The number of carbonyl (C=O) groups excluding carboxylic acids is 1. The van der Waals surface area contributed by atoms with Gasteiger partial charge in [-0.15, -0.1) is 0 Å². The molecule has 52 heavy (non-hydrogen) atoms. The number of amides is 1. The van der Waals surface area contributed by atoms with Crippen molar-refractivity contribution >= 4 is 59.6 Å². The van der Waals surface area contributed by atoms with E-state index in [0.717, 1.165) is 6.07 Å². The van der Waals surface area contributed by atoms with Crippen molar-refractivity contribution in [2.45, 2.75) is 55.7 Å². The van der Waals surface area contributed by atoms with Crippen LogP contribution in [0.1, 0.15) is 49.7 Å². The number of imidazole rings is 1. The first-order valence-corrected chi connectivity index (χ1v) is 20.2. The fraction of sp³-hybridized carbons (Fsp3) is 0.306. The van der Waals surface area contributed by atoms with Crippen molar-refractivity contribution in [2.24, 2.45) is 7.05 Å². The van der Waals surface area contributed by atoms with Crippen molar-refractivity contribution in [2.75, 3.05) is 11.0 Å². The standard InChI is InChI=1S/C36H36ClF2N7O4S2/c1-36(2,52(49,50)26-7-8-26)13-12-25-6-9-27(28-10-11-29(37)32-34(28)45(3)43-35(32)44-51(4,5)48)33(41-25)30(18-22-16-23(38)19-24(39)17-22)42-31(47)20-46-15-14-40-21-46/h6,9-11,14-17,19,21,26,30H,4,7-8,18,20H2,1-3,5H3,(H,42,47)(H,43,44,48)/t30-,51?/m0/s1. The minimum absolute atomic E-state index is 0.0862. The Morgan fingerprint density at radius 2 is 1.81 bits per heavy atom. The van der Waals surface area contributed by atoms with Crippen LogP contribution in [-0.2, 0) is 44.4 Å². The lowest BCUT2D eigenvalue weighted by Crippen LogP contribution is -2.34. The van der Waals surface area contributed by atoms with E-state index in [4.69, 9.17) is 16.6 Å². The number of anilines is 1. The van der Waals surface area contributed by atoms with E-state index in [0.29, 0.717) is 39.9 Å². The molecule has 3 heterocycles. The topological polar surface area (TPSA) is 141 Å². The number of benzene rings is 2. The molecule has 0 aliphatic heterocycles. The normalized spacial score (nSPS) is 15.1. The molecule has 1 aliphatic rings. The SMILES string of the molecule is C=S(C)(=O)Nc1nn(C)c2c(-c3ccc(C#CC(C)(C)S(=O)(=O)C4CC4)nc3[C@H](Cc3cc(F)cc(F)c3)NC(=O)Cn3ccnc3)ccc(Cl)c12. The average molecular weight is 768 g/mol. The van der Waals surface area contributed by atoms with Crippen molar-refractivity contribution < 1.29 is 26.2 Å². The van der Waals surface area contributed by atoms with E-state index in [9.17, 15) is 26.2 Å². The molecule has 0 spiro atoms. The lowest BCUT2D eigenvalue weighted by atomic mass is 9.93. The van der Waals surface area contributed by atoms with Crippen LogP contribution in [0.25, 0.3) is 22.0 Å². The molecule has 2 N–H and O–H groups in total. The molecule has 1 fully saturated rings. The molecule has 272 valence electrons. The number of nitrogens with zero attached hydrogens (tertiary/aromatic N) is 5. The number of aromatic nitrogens is 5. The minimum atomic E-state index is -3.54. The van der Waals surface area contributed by atoms with Gasteiger partial charge in [-0.25, -0.2) is 31.4 Å². The van der Waals surface area contributed by atoms with Gasteiger partial charge in [0.1, 0.15) is 28.6 Å². The van der Waals surface area contributed by atoms with Crippen LogP contribution in [0.4, 0.5) is 14.6 Å². The number of nitrogens with one attached hydrogen (secondary N) is 2. The van der Waals surface area contributed by atoms with Gasteiger partial charge in [0.05, 0.1) is 39.2 Å². The maximum atomic E-state index is 14.5. The van der Waals surface area contributed by atoms with Gasteiger partial charge in [-0.3, -0.25) is 14.2 Å².